The van der Waals surface area contributed by atoms with E-state index < -0.39 is 11.7 Å². The molecule has 2 saturated heterocycles. The molecular weight excluding hydrogens is 380 g/mol. The van der Waals surface area contributed by atoms with E-state index in [2.05, 4.69) is 5.32 Å². The van der Waals surface area contributed by atoms with Crippen LogP contribution in [0.25, 0.3) is 0 Å². The number of hydrogen-bond donors (Lipinski definition) is 1. The van der Waals surface area contributed by atoms with Gasteiger partial charge >= 0.3 is 0 Å². The molecule has 0 aromatic heterocycles. The second kappa shape index (κ2) is 9.40. The van der Waals surface area contributed by atoms with Crippen molar-refractivity contribution < 1.29 is 19.1 Å². The quantitative estimate of drug-likeness (QED) is 0.697. The van der Waals surface area contributed by atoms with Gasteiger partial charge in [0.05, 0.1) is 18.6 Å². The van der Waals surface area contributed by atoms with E-state index in [1.54, 1.807) is 0 Å². The molecule has 3 unspecified atom stereocenters. The fourth-order valence-corrected chi connectivity index (χ4v) is 5.52. The molecule has 1 aromatic carbocycles. The number of amides is 1. The zero-order valence-corrected chi connectivity index (χ0v) is 17.6. The second-order valence-electron chi connectivity index (χ2n) is 9.06. The normalized spacial score (nSPS) is 27.3. The Bertz CT molecular complexity index is 762. The summed E-state index contributed by atoms with van der Waals surface area (Å²) < 4.78 is 5.71. The molecule has 3 aliphatic rings. The van der Waals surface area contributed by atoms with Gasteiger partial charge in [-0.25, -0.2) is 0 Å². The van der Waals surface area contributed by atoms with E-state index in [0.717, 1.165) is 50.4 Å². The van der Waals surface area contributed by atoms with E-state index >= 15 is 0 Å². The lowest BCUT2D eigenvalue weighted by atomic mass is 9.81. The van der Waals surface area contributed by atoms with Gasteiger partial charge in [0.2, 0.25) is 5.91 Å². The number of ether oxygens (including phenoxy) is 1. The van der Waals surface area contributed by atoms with Crippen LogP contribution in [0, 0.1) is 5.92 Å². The number of nitrogens with one attached hydrogen (secondary N) is 1. The third kappa shape index (κ3) is 4.49. The van der Waals surface area contributed by atoms with E-state index in [4.69, 9.17) is 4.74 Å². The molecule has 6 heteroatoms. The predicted octanol–water partition coefficient (Wildman–Crippen LogP) is 2.64. The first-order valence-electron chi connectivity index (χ1n) is 11.3. The number of fused-ring (bicyclic) bond motifs is 1. The third-order valence-electron chi connectivity index (χ3n) is 6.94. The smallest absolute Gasteiger partial charge is 0.226 e. The first-order chi connectivity index (χ1) is 14.6. The summed E-state index contributed by atoms with van der Waals surface area (Å²) in [5.41, 5.74) is -0.245. The first-order valence-corrected chi connectivity index (χ1v) is 11.3. The van der Waals surface area contributed by atoms with Gasteiger partial charge in [0.1, 0.15) is 6.61 Å². The Morgan fingerprint density at radius 1 is 1.13 bits per heavy atom. The summed E-state index contributed by atoms with van der Waals surface area (Å²) in [6.45, 7) is 0.718. The Hall–Kier alpha value is -2.05. The van der Waals surface area contributed by atoms with Crippen molar-refractivity contribution in [2.24, 2.45) is 5.92 Å². The number of aldehydes is 1. The number of likely N-dealkylation sites (tertiary alicyclic amines) is 1. The van der Waals surface area contributed by atoms with Crippen LogP contribution in [0.5, 0.6) is 0 Å². The maximum atomic E-state index is 13.0. The maximum Gasteiger partial charge on any atom is 0.226 e. The van der Waals surface area contributed by atoms with Gasteiger partial charge < -0.3 is 10.1 Å². The molecule has 30 heavy (non-hydrogen) atoms. The summed E-state index contributed by atoms with van der Waals surface area (Å²) in [6, 6.07) is 9.11. The van der Waals surface area contributed by atoms with Crippen molar-refractivity contribution in [1.29, 1.82) is 0 Å². The summed E-state index contributed by atoms with van der Waals surface area (Å²) in [6.07, 6.45) is 8.84. The molecule has 3 fully saturated rings. The van der Waals surface area contributed by atoms with Crippen LogP contribution in [0.4, 0.5) is 0 Å². The minimum atomic E-state index is -1.15. The number of nitrogens with zero attached hydrogens (tertiary/aromatic N) is 1. The monoisotopic (exact) mass is 412 g/mol. The second-order valence-corrected chi connectivity index (χ2v) is 9.06. The molecule has 0 radical (unpaired) electrons. The number of benzene rings is 1. The highest BCUT2D eigenvalue weighted by Crippen LogP contribution is 2.36. The fourth-order valence-electron chi connectivity index (χ4n) is 5.52. The van der Waals surface area contributed by atoms with Gasteiger partial charge in [0, 0.05) is 6.54 Å². The Morgan fingerprint density at radius 2 is 1.90 bits per heavy atom. The zero-order valence-electron chi connectivity index (χ0n) is 17.6. The van der Waals surface area contributed by atoms with Gasteiger partial charge in [-0.15, -0.1) is 0 Å². The van der Waals surface area contributed by atoms with Crippen LogP contribution in [0.3, 0.4) is 0 Å². The molecular formula is C24H32N2O4. The van der Waals surface area contributed by atoms with Gasteiger partial charge in [-0.3, -0.25) is 19.3 Å². The van der Waals surface area contributed by atoms with E-state index in [1.807, 2.05) is 35.2 Å². The molecule has 2 aliphatic heterocycles. The van der Waals surface area contributed by atoms with Crippen molar-refractivity contribution in [2.75, 3.05) is 13.2 Å². The van der Waals surface area contributed by atoms with Crippen LogP contribution < -0.4 is 5.32 Å². The van der Waals surface area contributed by atoms with Crippen LogP contribution in [-0.4, -0.2) is 53.8 Å². The predicted molar refractivity (Wildman–Crippen MR) is 113 cm³/mol. The molecule has 1 N–H and O–H groups in total. The number of carbonyl (C=O) groups excluding carboxylic acids is 3. The van der Waals surface area contributed by atoms with Crippen LogP contribution >= 0.6 is 0 Å². The molecule has 1 aromatic rings. The Balaban J connectivity index is 1.60. The van der Waals surface area contributed by atoms with Crippen molar-refractivity contribution in [3.05, 3.63) is 35.9 Å². The minimum absolute atomic E-state index is 0.0203. The number of Topliss-reactive ketones (excluding diaryl/α,β-unsaturated/α-hetero) is 1. The standard InChI is InChI=1S/C24H32N2O4/c27-17-24(15-19-10-5-2-6-11-19,25-22(29)14-18-8-3-1-4-9-18)26-13-7-12-21-23(26)20(28)16-30-21/h1,3-4,8-9,17,19,21,23H,2,5-7,10-16H2,(H,25,29). The minimum Gasteiger partial charge on any atom is -0.368 e. The lowest BCUT2D eigenvalue weighted by molar-refractivity contribution is -0.143. The molecule has 6 nitrogen and oxygen atoms in total. The maximum absolute atomic E-state index is 13.0. The van der Waals surface area contributed by atoms with Gasteiger partial charge in [0.25, 0.3) is 0 Å². The Kier molecular flexibility index (Phi) is 6.64. The molecule has 1 saturated carbocycles. The van der Waals surface area contributed by atoms with Gasteiger partial charge in [0.15, 0.2) is 17.7 Å². The summed E-state index contributed by atoms with van der Waals surface area (Å²) >= 11 is 0. The molecule has 2 heterocycles. The molecule has 0 bridgehead atoms. The van der Waals surface area contributed by atoms with Crippen molar-refractivity contribution >= 4 is 18.0 Å². The van der Waals surface area contributed by atoms with Crippen LogP contribution in [-0.2, 0) is 25.5 Å². The van der Waals surface area contributed by atoms with Crippen molar-refractivity contribution in [3.8, 4) is 0 Å². The average Bonchev–Trinajstić information content (AvgIpc) is 3.15. The van der Waals surface area contributed by atoms with Crippen LogP contribution in [0.2, 0.25) is 0 Å². The van der Waals surface area contributed by atoms with Crippen LogP contribution in [0.1, 0.15) is 56.9 Å². The molecule has 4 rings (SSSR count). The third-order valence-corrected chi connectivity index (χ3v) is 6.94. The van der Waals surface area contributed by atoms with Gasteiger partial charge in [-0.2, -0.15) is 0 Å². The SMILES string of the molecule is O=CC(CC1CCCCC1)(NC(=O)Cc1ccccc1)N1CCCC2OCC(=O)C21. The summed E-state index contributed by atoms with van der Waals surface area (Å²) in [4.78, 5) is 40.3. The molecule has 0 spiro atoms. The van der Waals surface area contributed by atoms with Crippen molar-refractivity contribution in [1.82, 2.24) is 10.2 Å². The summed E-state index contributed by atoms with van der Waals surface area (Å²) in [7, 11) is 0. The highest BCUT2D eigenvalue weighted by atomic mass is 16.5. The molecule has 3 atom stereocenters. The molecule has 1 amide bonds. The first kappa shape index (κ1) is 21.2. The van der Waals surface area contributed by atoms with E-state index in [9.17, 15) is 14.4 Å². The average molecular weight is 413 g/mol. The highest BCUT2D eigenvalue weighted by molar-refractivity contribution is 5.89. The Morgan fingerprint density at radius 3 is 2.63 bits per heavy atom. The fraction of sp³-hybridized carbons (Fsp3) is 0.625. The highest BCUT2D eigenvalue weighted by Gasteiger charge is 2.51. The van der Waals surface area contributed by atoms with E-state index in [-0.39, 0.29) is 30.8 Å². The lowest BCUT2D eigenvalue weighted by Gasteiger charge is -2.48. The largest absolute Gasteiger partial charge is 0.368 e. The topological polar surface area (TPSA) is 75.7 Å². The van der Waals surface area contributed by atoms with E-state index in [1.165, 1.54) is 6.42 Å². The zero-order chi connectivity index (χ0) is 21.0. The number of rotatable bonds is 7. The summed E-state index contributed by atoms with van der Waals surface area (Å²) in [5, 5.41) is 3.09. The lowest BCUT2D eigenvalue weighted by Crippen LogP contribution is -2.69. The number of carbonyl (C=O) groups is 3. The molecule has 1 aliphatic carbocycles. The Labute approximate surface area is 178 Å². The molecule has 162 valence electrons. The van der Waals surface area contributed by atoms with Gasteiger partial charge in [-0.05, 0) is 30.7 Å². The van der Waals surface area contributed by atoms with Crippen molar-refractivity contribution in [2.45, 2.75) is 75.6 Å². The van der Waals surface area contributed by atoms with E-state index in [0.29, 0.717) is 18.9 Å². The number of piperidine rings is 1. The number of ketones is 1. The van der Waals surface area contributed by atoms with Crippen LogP contribution in [0.15, 0.2) is 30.3 Å². The number of hydrogen-bond acceptors (Lipinski definition) is 5. The van der Waals surface area contributed by atoms with Crippen molar-refractivity contribution in [3.63, 3.8) is 0 Å². The summed E-state index contributed by atoms with van der Waals surface area (Å²) in [5.74, 6) is 0.211. The van der Waals surface area contributed by atoms with Gasteiger partial charge in [-0.1, -0.05) is 62.4 Å².